The molecule has 0 unspecified atom stereocenters. The molecule has 0 bridgehead atoms. The standard InChI is InChI=1S/C27H29NO4/c1-26(2)14-19-13-18-12-17(7-5-16-6-8-20(29)21(30)11-16)25(31)32-24(18)22-23(19)28(15-26)10-9-27(22,3)4/h5-8,11-13,29-30H,9-10,14-15H2,1-4H3. The Morgan fingerprint density at radius 2 is 1.81 bits per heavy atom. The minimum Gasteiger partial charge on any atom is -0.504 e. The van der Waals surface area contributed by atoms with Gasteiger partial charge in [-0.25, -0.2) is 4.79 Å². The van der Waals surface area contributed by atoms with Crippen molar-refractivity contribution in [2.24, 2.45) is 5.41 Å². The summed E-state index contributed by atoms with van der Waals surface area (Å²) < 4.78 is 5.96. The summed E-state index contributed by atoms with van der Waals surface area (Å²) in [6.07, 6.45) is 5.44. The normalized spacial score (nSPS) is 18.8. The van der Waals surface area contributed by atoms with Crippen LogP contribution in [0, 0.1) is 5.41 Å². The zero-order chi connectivity index (χ0) is 22.8. The third-order valence-electron chi connectivity index (χ3n) is 6.84. The minimum absolute atomic E-state index is 0.0710. The monoisotopic (exact) mass is 431 g/mol. The van der Waals surface area contributed by atoms with Crippen molar-refractivity contribution in [2.45, 2.75) is 46.0 Å². The van der Waals surface area contributed by atoms with E-state index < -0.39 is 0 Å². The van der Waals surface area contributed by atoms with Crippen molar-refractivity contribution in [1.82, 2.24) is 0 Å². The fraction of sp³-hybridized carbons (Fsp3) is 0.370. The summed E-state index contributed by atoms with van der Waals surface area (Å²) in [5, 5.41) is 20.2. The molecule has 5 rings (SSSR count). The fourth-order valence-electron chi connectivity index (χ4n) is 5.30. The zero-order valence-corrected chi connectivity index (χ0v) is 19.0. The molecule has 0 saturated heterocycles. The van der Waals surface area contributed by atoms with Gasteiger partial charge in [0.05, 0.1) is 5.56 Å². The van der Waals surface area contributed by atoms with E-state index in [0.29, 0.717) is 16.7 Å². The SMILES string of the molecule is CC1(C)Cc2cc3cc(C=Cc4ccc(O)c(O)c4)c(=O)oc3c3c2N(CCC3(C)C)C1. The van der Waals surface area contributed by atoms with Gasteiger partial charge in [0.25, 0.3) is 0 Å². The van der Waals surface area contributed by atoms with Gasteiger partial charge in [-0.05, 0) is 65.1 Å². The average Bonchev–Trinajstić information content (AvgIpc) is 2.70. The molecule has 5 nitrogen and oxygen atoms in total. The van der Waals surface area contributed by atoms with Crippen LogP contribution in [0.1, 0.15) is 56.4 Å². The highest BCUT2D eigenvalue weighted by Gasteiger charge is 2.41. The van der Waals surface area contributed by atoms with E-state index >= 15 is 0 Å². The molecule has 0 radical (unpaired) electrons. The van der Waals surface area contributed by atoms with Crippen LogP contribution < -0.4 is 10.5 Å². The largest absolute Gasteiger partial charge is 0.504 e. The molecule has 5 heteroatoms. The maximum Gasteiger partial charge on any atom is 0.343 e. The van der Waals surface area contributed by atoms with E-state index in [2.05, 4.69) is 38.7 Å². The van der Waals surface area contributed by atoms with Crippen LogP contribution in [0.5, 0.6) is 11.5 Å². The zero-order valence-electron chi connectivity index (χ0n) is 19.0. The number of nitrogens with zero attached hydrogens (tertiary/aromatic N) is 1. The molecule has 0 atom stereocenters. The Kier molecular flexibility index (Phi) is 4.45. The van der Waals surface area contributed by atoms with Crippen LogP contribution in [-0.2, 0) is 11.8 Å². The van der Waals surface area contributed by atoms with Crippen molar-refractivity contribution in [3.05, 3.63) is 63.0 Å². The van der Waals surface area contributed by atoms with Gasteiger partial charge >= 0.3 is 5.63 Å². The van der Waals surface area contributed by atoms with Crippen molar-refractivity contribution in [3.8, 4) is 11.5 Å². The first-order valence-electron chi connectivity index (χ1n) is 11.1. The first-order chi connectivity index (χ1) is 15.0. The molecule has 0 fully saturated rings. The van der Waals surface area contributed by atoms with Crippen LogP contribution >= 0.6 is 0 Å². The van der Waals surface area contributed by atoms with Gasteiger partial charge in [-0.15, -0.1) is 0 Å². The van der Waals surface area contributed by atoms with Crippen LogP contribution in [0.3, 0.4) is 0 Å². The first kappa shape index (κ1) is 20.7. The van der Waals surface area contributed by atoms with E-state index in [0.717, 1.165) is 36.9 Å². The number of anilines is 1. The van der Waals surface area contributed by atoms with E-state index in [1.807, 2.05) is 6.07 Å². The Bertz CT molecular complexity index is 1330. The number of fused-ring (bicyclic) bond motifs is 2. The van der Waals surface area contributed by atoms with Gasteiger partial charge in [-0.2, -0.15) is 0 Å². The highest BCUT2D eigenvalue weighted by Crippen LogP contribution is 2.49. The summed E-state index contributed by atoms with van der Waals surface area (Å²) in [6, 6.07) is 8.65. The molecule has 32 heavy (non-hydrogen) atoms. The molecule has 3 aromatic rings. The second kappa shape index (κ2) is 6.89. The highest BCUT2D eigenvalue weighted by atomic mass is 16.4. The number of phenolic OH excluding ortho intramolecular Hbond substituents is 2. The predicted octanol–water partition coefficient (Wildman–Crippen LogP) is 5.44. The molecular weight excluding hydrogens is 402 g/mol. The molecule has 166 valence electrons. The van der Waals surface area contributed by atoms with Crippen molar-refractivity contribution >= 4 is 28.8 Å². The molecule has 2 aliphatic heterocycles. The Morgan fingerprint density at radius 3 is 2.56 bits per heavy atom. The fourth-order valence-corrected chi connectivity index (χ4v) is 5.30. The highest BCUT2D eigenvalue weighted by molar-refractivity contribution is 5.91. The summed E-state index contributed by atoms with van der Waals surface area (Å²) >= 11 is 0. The van der Waals surface area contributed by atoms with E-state index in [1.54, 1.807) is 18.2 Å². The molecule has 1 aromatic heterocycles. The molecule has 2 aromatic carbocycles. The molecule has 2 aliphatic rings. The average molecular weight is 432 g/mol. The Morgan fingerprint density at radius 1 is 1.03 bits per heavy atom. The summed E-state index contributed by atoms with van der Waals surface area (Å²) in [5.74, 6) is -0.372. The van der Waals surface area contributed by atoms with Gasteiger partial charge in [0, 0.05) is 29.7 Å². The Balaban J connectivity index is 1.68. The van der Waals surface area contributed by atoms with Gasteiger partial charge in [-0.1, -0.05) is 39.8 Å². The van der Waals surface area contributed by atoms with Crippen molar-refractivity contribution in [1.29, 1.82) is 0 Å². The topological polar surface area (TPSA) is 73.9 Å². The number of hydrogen-bond acceptors (Lipinski definition) is 5. The van der Waals surface area contributed by atoms with Crippen molar-refractivity contribution < 1.29 is 14.6 Å². The van der Waals surface area contributed by atoms with Gasteiger partial charge in [-0.3, -0.25) is 0 Å². The lowest BCUT2D eigenvalue weighted by Crippen LogP contribution is -2.46. The quantitative estimate of drug-likeness (QED) is 0.417. The maximum atomic E-state index is 12.9. The summed E-state index contributed by atoms with van der Waals surface area (Å²) in [7, 11) is 0. The molecule has 2 N–H and O–H groups in total. The third-order valence-corrected chi connectivity index (χ3v) is 6.84. The molecule has 0 aliphatic carbocycles. The summed E-state index contributed by atoms with van der Waals surface area (Å²) in [6.45, 7) is 11.1. The predicted molar refractivity (Wildman–Crippen MR) is 129 cm³/mol. The molecule has 0 amide bonds. The molecule has 3 heterocycles. The van der Waals surface area contributed by atoms with Crippen LogP contribution in [0.25, 0.3) is 23.1 Å². The number of hydrogen-bond donors (Lipinski definition) is 2. The number of rotatable bonds is 2. The number of phenols is 2. The lowest BCUT2D eigenvalue weighted by Gasteiger charge is -2.48. The summed E-state index contributed by atoms with van der Waals surface area (Å²) in [4.78, 5) is 15.4. The van der Waals surface area contributed by atoms with Gasteiger partial charge in [0.15, 0.2) is 11.5 Å². The maximum absolute atomic E-state index is 12.9. The Labute approximate surface area is 187 Å². The lowest BCUT2D eigenvalue weighted by molar-refractivity contribution is 0.327. The first-order valence-corrected chi connectivity index (χ1v) is 11.1. The van der Waals surface area contributed by atoms with Gasteiger partial charge in [0.1, 0.15) is 5.58 Å². The van der Waals surface area contributed by atoms with Crippen LogP contribution in [0.2, 0.25) is 0 Å². The minimum atomic E-state index is -0.378. The molecule has 0 spiro atoms. The van der Waals surface area contributed by atoms with E-state index in [4.69, 9.17) is 4.42 Å². The second-order valence-corrected chi connectivity index (χ2v) is 10.6. The Hall–Kier alpha value is -3.21. The van der Waals surface area contributed by atoms with Gasteiger partial charge in [0.2, 0.25) is 0 Å². The number of benzene rings is 2. The third kappa shape index (κ3) is 3.36. The van der Waals surface area contributed by atoms with Crippen molar-refractivity contribution in [3.63, 3.8) is 0 Å². The molecular formula is C27H29NO4. The van der Waals surface area contributed by atoms with E-state index in [1.165, 1.54) is 23.4 Å². The smallest absolute Gasteiger partial charge is 0.343 e. The van der Waals surface area contributed by atoms with E-state index in [9.17, 15) is 15.0 Å². The van der Waals surface area contributed by atoms with Crippen molar-refractivity contribution in [2.75, 3.05) is 18.0 Å². The van der Waals surface area contributed by atoms with Crippen LogP contribution in [0.15, 0.2) is 39.5 Å². The van der Waals surface area contributed by atoms with Crippen LogP contribution in [-0.4, -0.2) is 23.3 Å². The molecule has 0 saturated carbocycles. The van der Waals surface area contributed by atoms with Gasteiger partial charge < -0.3 is 19.5 Å². The van der Waals surface area contributed by atoms with Crippen LogP contribution in [0.4, 0.5) is 5.69 Å². The summed E-state index contributed by atoms with van der Waals surface area (Å²) in [5.41, 5.74) is 5.32. The second-order valence-electron chi connectivity index (χ2n) is 10.6. The lowest BCUT2D eigenvalue weighted by atomic mass is 9.71. The number of aromatic hydroxyl groups is 2. The van der Waals surface area contributed by atoms with E-state index in [-0.39, 0.29) is 28.0 Å².